The zero-order chi connectivity index (χ0) is 20.0. The summed E-state index contributed by atoms with van der Waals surface area (Å²) in [4.78, 5) is 19.5. The lowest BCUT2D eigenvalue weighted by molar-refractivity contribution is -0.0506. The maximum absolute atomic E-state index is 13.5. The van der Waals surface area contributed by atoms with E-state index in [0.29, 0.717) is 30.6 Å². The molecule has 1 saturated carbocycles. The molecule has 0 spiro atoms. The summed E-state index contributed by atoms with van der Waals surface area (Å²) < 4.78 is 28.9. The maximum atomic E-state index is 13.5. The lowest BCUT2D eigenvalue weighted by Crippen LogP contribution is -2.48. The average Bonchev–Trinajstić information content (AvgIpc) is 2.71. The fourth-order valence-corrected chi connectivity index (χ4v) is 5.56. The van der Waals surface area contributed by atoms with Crippen LogP contribution in [0.15, 0.2) is 41.5 Å². The Morgan fingerprint density at radius 2 is 1.93 bits per heavy atom. The largest absolute Gasteiger partial charge is 0.312 e. The molecular formula is C23H27F2N3O. The van der Waals surface area contributed by atoms with Gasteiger partial charge in [-0.05, 0) is 48.8 Å². The van der Waals surface area contributed by atoms with Crippen molar-refractivity contribution in [3.8, 4) is 11.1 Å². The molecule has 6 heteroatoms. The minimum Gasteiger partial charge on any atom is -0.312 e. The minimum atomic E-state index is -2.46. The number of aromatic nitrogens is 2. The molecule has 3 aliphatic rings. The highest BCUT2D eigenvalue weighted by atomic mass is 19.3. The van der Waals surface area contributed by atoms with Gasteiger partial charge in [-0.2, -0.15) is 0 Å². The molecule has 0 N–H and O–H groups in total. The number of fused-ring (bicyclic) bond motifs is 4. The van der Waals surface area contributed by atoms with E-state index < -0.39 is 5.92 Å². The molecule has 1 aliphatic carbocycles. The van der Waals surface area contributed by atoms with Crippen molar-refractivity contribution < 1.29 is 8.78 Å². The molecule has 4 nitrogen and oxygen atoms in total. The molecule has 2 aromatic heterocycles. The van der Waals surface area contributed by atoms with Crippen molar-refractivity contribution in [1.29, 1.82) is 0 Å². The van der Waals surface area contributed by atoms with Gasteiger partial charge in [0.15, 0.2) is 0 Å². The molecule has 1 saturated heterocycles. The summed E-state index contributed by atoms with van der Waals surface area (Å²) >= 11 is 0. The van der Waals surface area contributed by atoms with Crippen LogP contribution in [0.1, 0.15) is 43.7 Å². The SMILES string of the molecule is O=c1cc(-c2cccnc2)cc2n1C[C@H]1C[C@@H]2CN(CC2CCC(F)(F)CC2)C1. The standard InChI is InChI=1S/C23H27F2N3O/c24-23(25)5-3-16(4-6-23)12-27-13-17-8-20(15-27)21-9-19(10-22(29)28(21)14-17)18-2-1-7-26-11-18/h1-2,7,9-11,16-17,20H,3-6,8,12-15H2/t17-,20+/m0/s1. The van der Waals surface area contributed by atoms with E-state index in [1.807, 2.05) is 16.7 Å². The zero-order valence-electron chi connectivity index (χ0n) is 16.6. The first-order chi connectivity index (χ1) is 14.0. The van der Waals surface area contributed by atoms with E-state index in [4.69, 9.17) is 0 Å². The number of likely N-dealkylation sites (tertiary alicyclic amines) is 1. The average molecular weight is 399 g/mol. The van der Waals surface area contributed by atoms with E-state index in [9.17, 15) is 13.6 Å². The van der Waals surface area contributed by atoms with Gasteiger partial charge in [0, 0.05) is 74.7 Å². The summed E-state index contributed by atoms with van der Waals surface area (Å²) in [6, 6.07) is 7.75. The topological polar surface area (TPSA) is 38.1 Å². The minimum absolute atomic E-state index is 0.0328. The maximum Gasteiger partial charge on any atom is 0.251 e. The van der Waals surface area contributed by atoms with Gasteiger partial charge in [0.1, 0.15) is 0 Å². The van der Waals surface area contributed by atoms with Crippen LogP contribution in [0.4, 0.5) is 8.78 Å². The van der Waals surface area contributed by atoms with Gasteiger partial charge in [-0.1, -0.05) is 6.07 Å². The van der Waals surface area contributed by atoms with Crippen molar-refractivity contribution in [2.24, 2.45) is 11.8 Å². The Labute approximate surface area is 169 Å². The number of nitrogens with zero attached hydrogens (tertiary/aromatic N) is 3. The first-order valence-corrected chi connectivity index (χ1v) is 10.7. The number of pyridine rings is 2. The molecule has 2 aromatic rings. The van der Waals surface area contributed by atoms with Crippen LogP contribution in [0.2, 0.25) is 0 Å². The highest BCUT2D eigenvalue weighted by Crippen LogP contribution is 2.39. The summed E-state index contributed by atoms with van der Waals surface area (Å²) in [7, 11) is 0. The van der Waals surface area contributed by atoms with Crippen molar-refractivity contribution in [2.45, 2.75) is 50.5 Å². The lowest BCUT2D eigenvalue weighted by Gasteiger charge is -2.44. The molecular weight excluding hydrogens is 372 g/mol. The van der Waals surface area contributed by atoms with Gasteiger partial charge in [-0.25, -0.2) is 8.78 Å². The summed E-state index contributed by atoms with van der Waals surface area (Å²) in [6.45, 7) is 3.56. The molecule has 2 fully saturated rings. The van der Waals surface area contributed by atoms with Crippen molar-refractivity contribution >= 4 is 0 Å². The van der Waals surface area contributed by atoms with E-state index in [1.165, 1.54) is 0 Å². The van der Waals surface area contributed by atoms with Crippen LogP contribution in [0, 0.1) is 11.8 Å². The van der Waals surface area contributed by atoms with Crippen molar-refractivity contribution in [1.82, 2.24) is 14.5 Å². The molecule has 4 heterocycles. The smallest absolute Gasteiger partial charge is 0.251 e. The first kappa shape index (κ1) is 18.9. The van der Waals surface area contributed by atoms with Crippen molar-refractivity contribution in [3.05, 3.63) is 52.7 Å². The molecule has 2 bridgehead atoms. The van der Waals surface area contributed by atoms with Gasteiger partial charge < -0.3 is 9.47 Å². The van der Waals surface area contributed by atoms with Crippen molar-refractivity contribution in [2.75, 3.05) is 19.6 Å². The third-order valence-corrected chi connectivity index (χ3v) is 6.98. The Hall–Kier alpha value is -2.08. The van der Waals surface area contributed by atoms with Gasteiger partial charge in [0.05, 0.1) is 0 Å². The van der Waals surface area contributed by atoms with E-state index in [0.717, 1.165) is 49.4 Å². The van der Waals surface area contributed by atoms with Crippen LogP contribution < -0.4 is 5.56 Å². The Morgan fingerprint density at radius 3 is 2.69 bits per heavy atom. The number of halogens is 2. The zero-order valence-corrected chi connectivity index (χ0v) is 16.6. The van der Waals surface area contributed by atoms with Crippen LogP contribution in [-0.4, -0.2) is 40.0 Å². The number of piperidine rings is 1. The Morgan fingerprint density at radius 1 is 1.10 bits per heavy atom. The molecule has 0 radical (unpaired) electrons. The Balaban J connectivity index is 1.36. The summed E-state index contributed by atoms with van der Waals surface area (Å²) in [5.74, 6) is -1.29. The third-order valence-electron chi connectivity index (χ3n) is 6.98. The fraction of sp³-hybridized carbons (Fsp3) is 0.565. The normalized spacial score (nSPS) is 26.8. The van der Waals surface area contributed by atoms with Gasteiger partial charge in [-0.15, -0.1) is 0 Å². The molecule has 2 aliphatic heterocycles. The highest BCUT2D eigenvalue weighted by Gasteiger charge is 2.38. The van der Waals surface area contributed by atoms with Crippen LogP contribution >= 0.6 is 0 Å². The molecule has 29 heavy (non-hydrogen) atoms. The van der Waals surface area contributed by atoms with Gasteiger partial charge in [0.2, 0.25) is 5.92 Å². The monoisotopic (exact) mass is 399 g/mol. The molecule has 0 aromatic carbocycles. The summed E-state index contributed by atoms with van der Waals surface area (Å²) in [5, 5.41) is 0. The quantitative estimate of drug-likeness (QED) is 0.778. The Bertz CT molecular complexity index is 933. The number of rotatable bonds is 3. The second-order valence-corrected chi connectivity index (χ2v) is 9.18. The van der Waals surface area contributed by atoms with E-state index in [2.05, 4.69) is 16.0 Å². The van der Waals surface area contributed by atoms with Gasteiger partial charge in [0.25, 0.3) is 5.56 Å². The first-order valence-electron chi connectivity index (χ1n) is 10.7. The van der Waals surface area contributed by atoms with Gasteiger partial charge >= 0.3 is 0 Å². The highest BCUT2D eigenvalue weighted by molar-refractivity contribution is 5.62. The van der Waals surface area contributed by atoms with E-state index >= 15 is 0 Å². The van der Waals surface area contributed by atoms with E-state index in [1.54, 1.807) is 18.5 Å². The number of hydrogen-bond acceptors (Lipinski definition) is 3. The van der Waals surface area contributed by atoms with Crippen molar-refractivity contribution in [3.63, 3.8) is 0 Å². The van der Waals surface area contributed by atoms with Crippen LogP contribution in [0.25, 0.3) is 11.1 Å². The predicted molar refractivity (Wildman–Crippen MR) is 108 cm³/mol. The molecule has 5 rings (SSSR count). The van der Waals surface area contributed by atoms with Crippen LogP contribution in [-0.2, 0) is 6.54 Å². The van der Waals surface area contributed by atoms with E-state index in [-0.39, 0.29) is 18.4 Å². The molecule has 0 unspecified atom stereocenters. The van der Waals surface area contributed by atoms with Crippen LogP contribution in [0.5, 0.6) is 0 Å². The third kappa shape index (κ3) is 3.87. The van der Waals surface area contributed by atoms with Crippen LogP contribution in [0.3, 0.4) is 0 Å². The molecule has 0 amide bonds. The summed E-state index contributed by atoms with van der Waals surface area (Å²) in [6.07, 6.45) is 5.95. The molecule has 154 valence electrons. The second kappa shape index (κ2) is 7.31. The number of hydrogen-bond donors (Lipinski definition) is 0. The fourth-order valence-electron chi connectivity index (χ4n) is 5.56. The lowest BCUT2D eigenvalue weighted by atomic mass is 9.81. The Kier molecular flexibility index (Phi) is 4.77. The predicted octanol–water partition coefficient (Wildman–Crippen LogP) is 4.15. The number of alkyl halides is 2. The van der Waals surface area contributed by atoms with Gasteiger partial charge in [-0.3, -0.25) is 9.78 Å². The second-order valence-electron chi connectivity index (χ2n) is 9.18. The molecule has 2 atom stereocenters. The summed E-state index contributed by atoms with van der Waals surface area (Å²) in [5.41, 5.74) is 3.08.